The van der Waals surface area contributed by atoms with E-state index < -0.39 is 0 Å². The molecule has 0 spiro atoms. The van der Waals surface area contributed by atoms with Gasteiger partial charge in [0.15, 0.2) is 0 Å². The molecule has 0 heterocycles. The van der Waals surface area contributed by atoms with Crippen LogP contribution in [0.25, 0.3) is 0 Å². The summed E-state index contributed by atoms with van der Waals surface area (Å²) in [6.07, 6.45) is 0. The van der Waals surface area contributed by atoms with Gasteiger partial charge < -0.3 is 14.6 Å². The largest absolute Gasteiger partial charge is 0.377 e. The minimum atomic E-state index is -0.272. The van der Waals surface area contributed by atoms with E-state index in [-0.39, 0.29) is 6.79 Å². The number of hydrogen-bond acceptors (Lipinski definition) is 5. The molecule has 0 fully saturated rings. The first-order valence-electron chi connectivity index (χ1n) is 3.01. The van der Waals surface area contributed by atoms with E-state index in [0.717, 1.165) is 0 Å². The zero-order valence-electron chi connectivity index (χ0n) is 5.75. The van der Waals surface area contributed by atoms with Crippen LogP contribution in [0.15, 0.2) is 5.11 Å². The molecule has 60 valence electrons. The normalized spacial score (nSPS) is 9.70. The Kier molecular flexibility index (Phi) is 8.04. The third-order valence-corrected chi connectivity index (χ3v) is 0.811. The van der Waals surface area contributed by atoms with Gasteiger partial charge in [0.2, 0.25) is 0 Å². The number of nitrogens with zero attached hydrogens (tertiary/aromatic N) is 1. The Hall–Kier alpha value is -0.520. The summed E-state index contributed by atoms with van der Waals surface area (Å²) in [5.74, 6) is 0. The van der Waals surface area contributed by atoms with Gasteiger partial charge in [-0.25, -0.2) is 5.53 Å². The van der Waals surface area contributed by atoms with Crippen LogP contribution in [0.3, 0.4) is 0 Å². The van der Waals surface area contributed by atoms with Gasteiger partial charge in [-0.3, -0.25) is 0 Å². The summed E-state index contributed by atoms with van der Waals surface area (Å²) in [4.78, 5) is 0. The van der Waals surface area contributed by atoms with Gasteiger partial charge in [0, 0.05) is 0 Å². The Bertz CT molecular complexity index is 79.3. The zero-order chi connectivity index (χ0) is 7.66. The van der Waals surface area contributed by atoms with E-state index in [1.54, 1.807) is 0 Å². The van der Waals surface area contributed by atoms with Crippen molar-refractivity contribution in [1.29, 1.82) is 5.53 Å². The van der Waals surface area contributed by atoms with Crippen LogP contribution in [-0.2, 0) is 9.47 Å². The monoisotopic (exact) mass is 148 g/mol. The van der Waals surface area contributed by atoms with Gasteiger partial charge >= 0.3 is 0 Å². The quantitative estimate of drug-likeness (QED) is 0.303. The van der Waals surface area contributed by atoms with Crippen LogP contribution in [-0.4, -0.2) is 38.3 Å². The molecule has 0 bridgehead atoms. The van der Waals surface area contributed by atoms with Gasteiger partial charge in [-0.1, -0.05) is 0 Å². The first-order chi connectivity index (χ1) is 4.91. The third kappa shape index (κ3) is 7.48. The third-order valence-electron chi connectivity index (χ3n) is 0.811. The second kappa shape index (κ2) is 8.48. The van der Waals surface area contributed by atoms with Crippen LogP contribution < -0.4 is 0 Å². The van der Waals surface area contributed by atoms with Crippen LogP contribution >= 0.6 is 0 Å². The lowest BCUT2D eigenvalue weighted by atomic mass is 10.7. The molecule has 0 aliphatic rings. The molecule has 0 aromatic rings. The number of aliphatic hydroxyl groups is 1. The van der Waals surface area contributed by atoms with Crippen molar-refractivity contribution in [2.24, 2.45) is 5.11 Å². The molecule has 5 nitrogen and oxygen atoms in total. The zero-order valence-corrected chi connectivity index (χ0v) is 5.75. The predicted octanol–water partition coefficient (Wildman–Crippen LogP) is 0.000370. The fourth-order valence-corrected chi connectivity index (χ4v) is 0.395. The van der Waals surface area contributed by atoms with Crippen molar-refractivity contribution < 1.29 is 14.6 Å². The Morgan fingerprint density at radius 2 is 1.90 bits per heavy atom. The fourth-order valence-electron chi connectivity index (χ4n) is 0.395. The smallest absolute Gasteiger partial charge is 0.143 e. The second-order valence-electron chi connectivity index (χ2n) is 1.53. The Morgan fingerprint density at radius 1 is 1.20 bits per heavy atom. The van der Waals surface area contributed by atoms with Crippen molar-refractivity contribution in [3.63, 3.8) is 0 Å². The first-order valence-corrected chi connectivity index (χ1v) is 3.01. The van der Waals surface area contributed by atoms with E-state index in [0.29, 0.717) is 26.4 Å². The van der Waals surface area contributed by atoms with E-state index in [2.05, 4.69) is 9.85 Å². The molecule has 2 N–H and O–H groups in total. The highest BCUT2D eigenvalue weighted by molar-refractivity contribution is 4.33. The van der Waals surface area contributed by atoms with Crippen molar-refractivity contribution in [3.05, 3.63) is 0 Å². The second-order valence-corrected chi connectivity index (χ2v) is 1.53. The maximum absolute atomic E-state index is 8.14. The first kappa shape index (κ1) is 9.48. The molecule has 0 saturated carbocycles. The summed E-state index contributed by atoms with van der Waals surface area (Å²) in [5, 5.41) is 11.2. The van der Waals surface area contributed by atoms with Crippen LogP contribution in [0, 0.1) is 5.53 Å². The number of nitrogens with one attached hydrogen (secondary N) is 1. The lowest BCUT2D eigenvalue weighted by Gasteiger charge is -2.00. The highest BCUT2D eigenvalue weighted by Gasteiger charge is 1.86. The summed E-state index contributed by atoms with van der Waals surface area (Å²) < 4.78 is 9.49. The highest BCUT2D eigenvalue weighted by Crippen LogP contribution is 1.77. The Morgan fingerprint density at radius 3 is 2.50 bits per heavy atom. The Balaban J connectivity index is 2.70. The summed E-state index contributed by atoms with van der Waals surface area (Å²) in [6, 6.07) is 0. The summed E-state index contributed by atoms with van der Waals surface area (Å²) in [7, 11) is 0. The van der Waals surface area contributed by atoms with Gasteiger partial charge in [0.1, 0.15) is 6.79 Å². The SMILES string of the molecule is N=NCCOCCOCO. The number of hydrogen-bond donors (Lipinski definition) is 2. The highest BCUT2D eigenvalue weighted by atomic mass is 16.6. The van der Waals surface area contributed by atoms with Gasteiger partial charge in [-0.2, -0.15) is 5.11 Å². The summed E-state index contributed by atoms with van der Waals surface area (Å²) >= 11 is 0. The molecule has 0 aromatic heterocycles. The molecule has 0 aliphatic carbocycles. The van der Waals surface area contributed by atoms with Gasteiger partial charge in [0.05, 0.1) is 26.4 Å². The fraction of sp³-hybridized carbons (Fsp3) is 1.00. The Labute approximate surface area is 59.5 Å². The predicted molar refractivity (Wildman–Crippen MR) is 33.9 cm³/mol. The van der Waals surface area contributed by atoms with Crippen molar-refractivity contribution in [3.8, 4) is 0 Å². The molecular formula is C5H12N2O3. The van der Waals surface area contributed by atoms with Gasteiger partial charge in [-0.15, -0.1) is 0 Å². The molecule has 0 aliphatic heterocycles. The van der Waals surface area contributed by atoms with E-state index in [1.165, 1.54) is 0 Å². The molecule has 0 rings (SSSR count). The van der Waals surface area contributed by atoms with Crippen molar-refractivity contribution in [2.75, 3.05) is 33.2 Å². The average Bonchev–Trinajstić information content (AvgIpc) is 1.97. The topological polar surface area (TPSA) is 74.9 Å². The van der Waals surface area contributed by atoms with E-state index in [1.807, 2.05) is 0 Å². The summed E-state index contributed by atoms with van der Waals surface area (Å²) in [6.45, 7) is 1.38. The van der Waals surface area contributed by atoms with Crippen LogP contribution in [0.4, 0.5) is 0 Å². The van der Waals surface area contributed by atoms with E-state index in [9.17, 15) is 0 Å². The van der Waals surface area contributed by atoms with E-state index >= 15 is 0 Å². The number of aliphatic hydroxyl groups excluding tert-OH is 1. The molecule has 10 heavy (non-hydrogen) atoms. The van der Waals surface area contributed by atoms with Crippen LogP contribution in [0.5, 0.6) is 0 Å². The molecule has 0 atom stereocenters. The molecule has 0 radical (unpaired) electrons. The van der Waals surface area contributed by atoms with Gasteiger partial charge in [-0.05, 0) is 0 Å². The van der Waals surface area contributed by atoms with Crippen molar-refractivity contribution in [2.45, 2.75) is 0 Å². The van der Waals surface area contributed by atoms with Crippen molar-refractivity contribution >= 4 is 0 Å². The molecule has 0 saturated heterocycles. The molecular weight excluding hydrogens is 136 g/mol. The minimum Gasteiger partial charge on any atom is -0.377 e. The lowest BCUT2D eigenvalue weighted by Crippen LogP contribution is -2.06. The standard InChI is InChI=1S/C5H12N2O3/c6-7-1-2-9-3-4-10-5-8/h6,8H,1-5H2. The maximum Gasteiger partial charge on any atom is 0.143 e. The minimum absolute atomic E-state index is 0.272. The maximum atomic E-state index is 8.14. The number of rotatable bonds is 7. The van der Waals surface area contributed by atoms with Crippen LogP contribution in [0.2, 0.25) is 0 Å². The molecule has 0 aromatic carbocycles. The van der Waals surface area contributed by atoms with Gasteiger partial charge in [0.25, 0.3) is 0 Å². The molecule has 0 unspecified atom stereocenters. The molecule has 0 amide bonds. The molecule has 5 heteroatoms. The van der Waals surface area contributed by atoms with Crippen molar-refractivity contribution in [1.82, 2.24) is 0 Å². The van der Waals surface area contributed by atoms with Crippen LogP contribution in [0.1, 0.15) is 0 Å². The lowest BCUT2D eigenvalue weighted by molar-refractivity contribution is -0.0283. The number of ether oxygens (including phenoxy) is 2. The van der Waals surface area contributed by atoms with E-state index in [4.69, 9.17) is 15.4 Å². The summed E-state index contributed by atoms with van der Waals surface area (Å²) in [5.41, 5.74) is 6.39. The average molecular weight is 148 g/mol.